The third kappa shape index (κ3) is 8.34. The molecule has 65 heavy (non-hydrogen) atoms. The predicted molar refractivity (Wildman–Crippen MR) is 246 cm³/mol. The van der Waals surface area contributed by atoms with E-state index in [0.717, 1.165) is 85.1 Å². The molecule has 3 aliphatic heterocycles. The van der Waals surface area contributed by atoms with Crippen LogP contribution in [-0.4, -0.2) is 112 Å². The maximum Gasteiger partial charge on any atom is 0.407 e. The topological polar surface area (TPSA) is 196 Å². The lowest BCUT2D eigenvalue weighted by atomic mass is 9.91. The fourth-order valence-corrected chi connectivity index (χ4v) is 10.1. The van der Waals surface area contributed by atoms with Crippen LogP contribution in [0.3, 0.4) is 0 Å². The van der Waals surface area contributed by atoms with Crippen LogP contribution in [0.2, 0.25) is 0 Å². The molecule has 16 nitrogen and oxygen atoms in total. The Balaban J connectivity index is 0.970. The number of aliphatic hydroxyl groups is 1. The number of methoxy groups -OCH3 is 3. The first-order valence-corrected chi connectivity index (χ1v) is 22.5. The van der Waals surface area contributed by atoms with Crippen molar-refractivity contribution in [3.63, 3.8) is 0 Å². The van der Waals surface area contributed by atoms with Crippen LogP contribution < -0.4 is 15.4 Å². The summed E-state index contributed by atoms with van der Waals surface area (Å²) in [5, 5.41) is 19.0. The average Bonchev–Trinajstić information content (AvgIpc) is 4.14. The van der Waals surface area contributed by atoms with E-state index in [4.69, 9.17) is 28.9 Å². The van der Waals surface area contributed by atoms with Gasteiger partial charge in [-0.2, -0.15) is 0 Å². The van der Waals surface area contributed by atoms with Gasteiger partial charge in [0, 0.05) is 37.1 Å². The Hall–Kier alpha value is -6.23. The van der Waals surface area contributed by atoms with Gasteiger partial charge in [-0.3, -0.25) is 9.69 Å². The van der Waals surface area contributed by atoms with Gasteiger partial charge in [0.1, 0.15) is 36.3 Å². The van der Waals surface area contributed by atoms with Gasteiger partial charge >= 0.3 is 12.2 Å². The first-order chi connectivity index (χ1) is 31.3. The fourth-order valence-electron chi connectivity index (χ4n) is 10.1. The van der Waals surface area contributed by atoms with Crippen LogP contribution in [0.15, 0.2) is 60.7 Å². The van der Waals surface area contributed by atoms with Crippen molar-refractivity contribution in [2.75, 3.05) is 41.0 Å². The number of aliphatic hydroxyl groups excluding tert-OH is 1. The number of aromatic nitrogens is 4. The number of nitrogens with one attached hydrogen (secondary N) is 4. The number of hydrogen-bond acceptors (Lipinski definition) is 11. The van der Waals surface area contributed by atoms with Crippen LogP contribution in [0.4, 0.5) is 9.59 Å². The van der Waals surface area contributed by atoms with Crippen molar-refractivity contribution in [1.82, 2.24) is 40.4 Å². The number of alkyl carbamates (subject to hydrolysis) is 2. The van der Waals surface area contributed by atoms with Crippen LogP contribution in [0.1, 0.15) is 76.3 Å². The minimum absolute atomic E-state index is 0.0194. The van der Waals surface area contributed by atoms with E-state index in [1.165, 1.54) is 14.2 Å². The number of rotatable bonds is 12. The second kappa shape index (κ2) is 18.0. The molecule has 6 aromatic rings. The molecule has 0 radical (unpaired) electrons. The quantitative estimate of drug-likeness (QED) is 0.0813. The van der Waals surface area contributed by atoms with E-state index in [1.807, 2.05) is 49.6 Å². The number of aromatic amines is 2. The van der Waals surface area contributed by atoms with Gasteiger partial charge in [-0.1, -0.05) is 52.0 Å². The summed E-state index contributed by atoms with van der Waals surface area (Å²) in [4.78, 5) is 59.5. The Morgan fingerprint density at radius 1 is 0.846 bits per heavy atom. The summed E-state index contributed by atoms with van der Waals surface area (Å²) in [6.45, 7) is 9.80. The molecule has 0 saturated carbocycles. The second-order valence-electron chi connectivity index (χ2n) is 18.3. The second-order valence-corrected chi connectivity index (χ2v) is 18.3. The molecule has 0 spiro atoms. The van der Waals surface area contributed by atoms with Crippen molar-refractivity contribution >= 4 is 50.9 Å². The molecular formula is C49H58N8O8. The molecule has 1 unspecified atom stereocenters. The van der Waals surface area contributed by atoms with E-state index in [2.05, 4.69) is 69.1 Å². The fraction of sp³-hybridized carbons (Fsp3) is 0.449. The number of likely N-dealkylation sites (tertiary alicyclic amines) is 2. The van der Waals surface area contributed by atoms with E-state index >= 15 is 0 Å². The van der Waals surface area contributed by atoms with Crippen LogP contribution in [0, 0.1) is 17.8 Å². The Kier molecular flexibility index (Phi) is 12.2. The predicted octanol–water partition coefficient (Wildman–Crippen LogP) is 7.57. The van der Waals surface area contributed by atoms with E-state index in [-0.39, 0.29) is 35.7 Å². The molecule has 5 N–H and O–H groups in total. The van der Waals surface area contributed by atoms with Gasteiger partial charge in [0.25, 0.3) is 0 Å². The van der Waals surface area contributed by atoms with E-state index in [9.17, 15) is 19.5 Å². The number of fused-ring (bicyclic) bond motifs is 7. The number of carbonyl (C=O) groups excluding carboxylic acids is 3. The third-order valence-electron chi connectivity index (χ3n) is 13.4. The largest absolute Gasteiger partial charge is 0.488 e. The van der Waals surface area contributed by atoms with Crippen molar-refractivity contribution < 1.29 is 38.4 Å². The van der Waals surface area contributed by atoms with Crippen molar-refractivity contribution in [2.45, 2.75) is 84.0 Å². The number of ether oxygens (including phenoxy) is 4. The first kappa shape index (κ1) is 44.0. The molecule has 6 atom stereocenters. The van der Waals surface area contributed by atoms with Crippen LogP contribution in [0.5, 0.6) is 5.75 Å². The Bertz CT molecular complexity index is 2770. The van der Waals surface area contributed by atoms with Gasteiger partial charge in [0.15, 0.2) is 0 Å². The zero-order chi connectivity index (χ0) is 45.7. The van der Waals surface area contributed by atoms with Crippen molar-refractivity contribution in [3.05, 3.63) is 77.9 Å². The molecule has 3 aliphatic rings. The van der Waals surface area contributed by atoms with Crippen LogP contribution >= 0.6 is 0 Å². The van der Waals surface area contributed by atoms with Gasteiger partial charge in [-0.25, -0.2) is 19.6 Å². The molecule has 4 aromatic carbocycles. The van der Waals surface area contributed by atoms with Gasteiger partial charge in [0.2, 0.25) is 5.91 Å². The minimum atomic E-state index is -0.908. The SMILES string of the molecule is COC[C@H]1C[C@@H](c2nc3c(ccc4cc5c(cc43)OCc3cc(-c4ccc6nc([C@@H]7CCCN7C(O)[C@@H](NC(=O)OC)C(C)C)[nH]c6c4)ccc3-5)[nH]2)N(C(=O)[C@@H](NC(=O)OC)C(C)C)C1. The Labute approximate surface area is 377 Å². The number of nitrogens with zero attached hydrogens (tertiary/aromatic N) is 4. The zero-order valence-corrected chi connectivity index (χ0v) is 37.9. The number of carbonyl (C=O) groups is 3. The molecule has 0 bridgehead atoms. The van der Waals surface area contributed by atoms with Crippen LogP contribution in [-0.2, 0) is 25.6 Å². The summed E-state index contributed by atoms with van der Waals surface area (Å²) in [5.74, 6) is 1.99. The Morgan fingerprint density at radius 2 is 1.58 bits per heavy atom. The zero-order valence-electron chi connectivity index (χ0n) is 37.9. The number of imidazole rings is 2. The first-order valence-electron chi connectivity index (χ1n) is 22.5. The molecule has 2 aromatic heterocycles. The molecule has 2 fully saturated rings. The monoisotopic (exact) mass is 886 g/mol. The Morgan fingerprint density at radius 3 is 2.34 bits per heavy atom. The highest BCUT2D eigenvalue weighted by atomic mass is 16.5. The van der Waals surface area contributed by atoms with Gasteiger partial charge < -0.3 is 49.6 Å². The third-order valence-corrected chi connectivity index (χ3v) is 13.4. The highest BCUT2D eigenvalue weighted by Crippen LogP contribution is 2.44. The summed E-state index contributed by atoms with van der Waals surface area (Å²) in [5.41, 5.74) is 8.69. The van der Waals surface area contributed by atoms with Gasteiger partial charge in [0.05, 0.1) is 61.0 Å². The lowest BCUT2D eigenvalue weighted by Crippen LogP contribution is -2.54. The van der Waals surface area contributed by atoms with Gasteiger partial charge in [-0.15, -0.1) is 0 Å². The number of benzene rings is 4. The smallest absolute Gasteiger partial charge is 0.407 e. The highest BCUT2D eigenvalue weighted by Gasteiger charge is 2.42. The minimum Gasteiger partial charge on any atom is -0.488 e. The summed E-state index contributed by atoms with van der Waals surface area (Å²) >= 11 is 0. The average molecular weight is 887 g/mol. The molecule has 9 rings (SSSR count). The molecule has 0 aliphatic carbocycles. The number of amides is 3. The maximum atomic E-state index is 14.1. The standard InChI is InChI=1S/C49H58N8O8/c1-25(2)41(54-48(60)63-6)46(58)56-16-8-9-38(56)44-50-35-14-11-29(20-37(35)52-44)28-10-13-32-31(18-28)24-65-40-21-33-30(19-34(32)40)12-15-36-43(33)53-45(51-36)39-17-27(23-62-5)22-57(39)47(59)42(26(3)4)55-49(61)64-7/h10-15,18-21,25-27,38-39,41-42,46,58H,8-9,16-17,22-24H2,1-7H3,(H,50,52)(H,51,53)(H,54,60)(H,55,61)/t27-,38-,39-,41-,42-,46?/m0/s1. The lowest BCUT2D eigenvalue weighted by molar-refractivity contribution is -0.135. The molecular weight excluding hydrogens is 829 g/mol. The number of hydrogen-bond donors (Lipinski definition) is 5. The van der Waals surface area contributed by atoms with Gasteiger partial charge in [-0.05, 0) is 95.1 Å². The molecule has 3 amide bonds. The van der Waals surface area contributed by atoms with E-state index in [0.29, 0.717) is 38.5 Å². The maximum absolute atomic E-state index is 14.1. The summed E-state index contributed by atoms with van der Waals surface area (Å²) in [6, 6.07) is 19.3. The lowest BCUT2D eigenvalue weighted by Gasteiger charge is -2.35. The summed E-state index contributed by atoms with van der Waals surface area (Å²) in [7, 11) is 4.28. The molecule has 16 heteroatoms. The van der Waals surface area contributed by atoms with E-state index in [1.54, 1.807) is 7.11 Å². The summed E-state index contributed by atoms with van der Waals surface area (Å²) < 4.78 is 21.7. The molecule has 342 valence electrons. The van der Waals surface area contributed by atoms with Crippen molar-refractivity contribution in [2.24, 2.45) is 17.8 Å². The van der Waals surface area contributed by atoms with Crippen molar-refractivity contribution in [1.29, 1.82) is 0 Å². The van der Waals surface area contributed by atoms with Crippen molar-refractivity contribution in [3.8, 4) is 28.0 Å². The molecule has 2 saturated heterocycles. The normalized spacial score (nSPS) is 19.9. The van der Waals surface area contributed by atoms with Crippen LogP contribution in [0.25, 0.3) is 55.1 Å². The molecule has 5 heterocycles. The summed E-state index contributed by atoms with van der Waals surface area (Å²) in [6.07, 6.45) is 0.269. The number of H-pyrrole nitrogens is 2. The van der Waals surface area contributed by atoms with E-state index < -0.39 is 30.5 Å². The highest BCUT2D eigenvalue weighted by molar-refractivity contribution is 6.07.